The summed E-state index contributed by atoms with van der Waals surface area (Å²) in [6, 6.07) is 2.00. The number of rotatable bonds is 2. The minimum atomic E-state index is 0.445. The SMILES string of the molecule is Cc1cc(-n2ccnc2)nc([C@H]2CCCN(C)C2)n1. The summed E-state index contributed by atoms with van der Waals surface area (Å²) in [6.45, 7) is 4.25. The summed E-state index contributed by atoms with van der Waals surface area (Å²) in [7, 11) is 2.17. The number of likely N-dealkylation sites (N-methyl/N-ethyl adjacent to an activating group) is 1. The number of hydrogen-bond acceptors (Lipinski definition) is 4. The van der Waals surface area contributed by atoms with Gasteiger partial charge >= 0.3 is 0 Å². The van der Waals surface area contributed by atoms with Crippen LogP contribution in [0.25, 0.3) is 5.82 Å². The molecule has 5 nitrogen and oxygen atoms in total. The predicted molar refractivity (Wildman–Crippen MR) is 73.4 cm³/mol. The Labute approximate surface area is 113 Å². The summed E-state index contributed by atoms with van der Waals surface area (Å²) in [5.74, 6) is 2.32. The van der Waals surface area contributed by atoms with Crippen molar-refractivity contribution in [2.75, 3.05) is 20.1 Å². The number of hydrogen-bond donors (Lipinski definition) is 0. The number of imidazole rings is 1. The number of piperidine rings is 1. The van der Waals surface area contributed by atoms with E-state index in [0.717, 1.165) is 23.9 Å². The number of aryl methyl sites for hydroxylation is 1. The van der Waals surface area contributed by atoms with Gasteiger partial charge in [-0.25, -0.2) is 15.0 Å². The molecule has 0 unspecified atom stereocenters. The third kappa shape index (κ3) is 2.66. The standard InChI is InChI=1S/C14H19N5/c1-11-8-13(19-7-5-15-10-19)17-14(16-11)12-4-3-6-18(2)9-12/h5,7-8,10,12H,3-4,6,9H2,1-2H3/t12-/m0/s1. The van der Waals surface area contributed by atoms with Crippen molar-refractivity contribution in [3.05, 3.63) is 36.3 Å². The van der Waals surface area contributed by atoms with Crippen molar-refractivity contribution < 1.29 is 0 Å². The Balaban J connectivity index is 1.93. The molecule has 100 valence electrons. The van der Waals surface area contributed by atoms with Crippen molar-refractivity contribution in [3.63, 3.8) is 0 Å². The predicted octanol–water partition coefficient (Wildman–Crippen LogP) is 1.78. The molecule has 1 fully saturated rings. The number of likely N-dealkylation sites (tertiary alicyclic amines) is 1. The molecule has 0 aromatic carbocycles. The zero-order valence-electron chi connectivity index (χ0n) is 11.5. The minimum Gasteiger partial charge on any atom is -0.306 e. The van der Waals surface area contributed by atoms with E-state index < -0.39 is 0 Å². The number of aromatic nitrogens is 4. The Morgan fingerprint density at radius 1 is 1.32 bits per heavy atom. The molecule has 0 radical (unpaired) electrons. The molecule has 0 spiro atoms. The van der Waals surface area contributed by atoms with Crippen molar-refractivity contribution in [2.45, 2.75) is 25.7 Å². The van der Waals surface area contributed by atoms with Gasteiger partial charge in [0.15, 0.2) is 0 Å². The summed E-state index contributed by atoms with van der Waals surface area (Å²) in [6.07, 6.45) is 7.86. The molecule has 1 aliphatic heterocycles. The van der Waals surface area contributed by atoms with Gasteiger partial charge in [-0.3, -0.25) is 4.57 Å². The molecule has 0 N–H and O–H groups in total. The fraction of sp³-hybridized carbons (Fsp3) is 0.500. The van der Waals surface area contributed by atoms with E-state index in [0.29, 0.717) is 5.92 Å². The van der Waals surface area contributed by atoms with E-state index in [2.05, 4.69) is 21.9 Å². The first-order valence-corrected chi connectivity index (χ1v) is 6.75. The van der Waals surface area contributed by atoms with Crippen LogP contribution in [0.1, 0.15) is 30.3 Å². The molecular weight excluding hydrogens is 238 g/mol. The van der Waals surface area contributed by atoms with Gasteiger partial charge in [0, 0.05) is 36.6 Å². The first-order valence-electron chi connectivity index (χ1n) is 6.75. The average Bonchev–Trinajstić information content (AvgIpc) is 2.92. The Morgan fingerprint density at radius 2 is 2.21 bits per heavy atom. The van der Waals surface area contributed by atoms with Gasteiger partial charge in [-0.05, 0) is 33.4 Å². The summed E-state index contributed by atoms with van der Waals surface area (Å²) >= 11 is 0. The summed E-state index contributed by atoms with van der Waals surface area (Å²) < 4.78 is 1.94. The van der Waals surface area contributed by atoms with Gasteiger partial charge in [0.2, 0.25) is 0 Å². The maximum Gasteiger partial charge on any atom is 0.141 e. The second-order valence-electron chi connectivity index (χ2n) is 5.30. The van der Waals surface area contributed by atoms with E-state index in [1.165, 1.54) is 19.4 Å². The molecule has 2 aromatic heterocycles. The van der Waals surface area contributed by atoms with Crippen LogP contribution in [0.3, 0.4) is 0 Å². The molecule has 5 heteroatoms. The van der Waals surface area contributed by atoms with Crippen molar-refractivity contribution in [2.24, 2.45) is 0 Å². The zero-order chi connectivity index (χ0) is 13.2. The van der Waals surface area contributed by atoms with Crippen LogP contribution in [0.4, 0.5) is 0 Å². The van der Waals surface area contributed by atoms with Crippen molar-refractivity contribution >= 4 is 0 Å². The van der Waals surface area contributed by atoms with Crippen LogP contribution in [-0.4, -0.2) is 44.6 Å². The van der Waals surface area contributed by atoms with Gasteiger partial charge in [0.1, 0.15) is 18.0 Å². The molecule has 3 heterocycles. The lowest BCUT2D eigenvalue weighted by Crippen LogP contribution is -2.31. The quantitative estimate of drug-likeness (QED) is 0.822. The third-order valence-electron chi connectivity index (χ3n) is 3.62. The van der Waals surface area contributed by atoms with E-state index >= 15 is 0 Å². The minimum absolute atomic E-state index is 0.445. The highest BCUT2D eigenvalue weighted by Crippen LogP contribution is 2.24. The molecule has 0 bridgehead atoms. The van der Waals surface area contributed by atoms with Crippen LogP contribution in [-0.2, 0) is 0 Å². The van der Waals surface area contributed by atoms with Crippen LogP contribution in [0, 0.1) is 6.92 Å². The lowest BCUT2D eigenvalue weighted by atomic mass is 9.97. The first-order chi connectivity index (χ1) is 9.22. The molecule has 1 aliphatic rings. The van der Waals surface area contributed by atoms with Crippen LogP contribution >= 0.6 is 0 Å². The lowest BCUT2D eigenvalue weighted by molar-refractivity contribution is 0.245. The summed E-state index contributed by atoms with van der Waals surface area (Å²) in [5, 5.41) is 0. The Kier molecular flexibility index (Phi) is 3.29. The Morgan fingerprint density at radius 3 is 2.95 bits per heavy atom. The maximum absolute atomic E-state index is 4.72. The highest BCUT2D eigenvalue weighted by atomic mass is 15.1. The van der Waals surface area contributed by atoms with E-state index in [1.54, 1.807) is 12.5 Å². The van der Waals surface area contributed by atoms with Crippen LogP contribution < -0.4 is 0 Å². The van der Waals surface area contributed by atoms with E-state index in [4.69, 9.17) is 4.98 Å². The molecule has 0 aliphatic carbocycles. The zero-order valence-corrected chi connectivity index (χ0v) is 11.5. The highest BCUT2D eigenvalue weighted by molar-refractivity contribution is 5.25. The largest absolute Gasteiger partial charge is 0.306 e. The lowest BCUT2D eigenvalue weighted by Gasteiger charge is -2.28. The fourth-order valence-electron chi connectivity index (χ4n) is 2.66. The van der Waals surface area contributed by atoms with Crippen LogP contribution in [0.5, 0.6) is 0 Å². The van der Waals surface area contributed by atoms with Crippen molar-refractivity contribution in [1.29, 1.82) is 0 Å². The average molecular weight is 257 g/mol. The third-order valence-corrected chi connectivity index (χ3v) is 3.62. The topological polar surface area (TPSA) is 46.8 Å². The summed E-state index contributed by atoms with van der Waals surface area (Å²) in [5.41, 5.74) is 1.02. The maximum atomic E-state index is 4.72. The molecular formula is C14H19N5. The second-order valence-corrected chi connectivity index (χ2v) is 5.30. The Bertz CT molecular complexity index is 549. The van der Waals surface area contributed by atoms with Gasteiger partial charge in [-0.1, -0.05) is 0 Å². The van der Waals surface area contributed by atoms with Gasteiger partial charge in [0.25, 0.3) is 0 Å². The molecule has 1 atom stereocenters. The summed E-state index contributed by atoms with van der Waals surface area (Å²) in [4.78, 5) is 15.8. The first kappa shape index (κ1) is 12.3. The molecule has 0 amide bonds. The van der Waals surface area contributed by atoms with Gasteiger partial charge in [-0.2, -0.15) is 0 Å². The van der Waals surface area contributed by atoms with Gasteiger partial charge in [0.05, 0.1) is 0 Å². The smallest absolute Gasteiger partial charge is 0.141 e. The van der Waals surface area contributed by atoms with E-state index in [1.807, 2.05) is 23.8 Å². The Hall–Kier alpha value is -1.75. The van der Waals surface area contributed by atoms with Gasteiger partial charge in [-0.15, -0.1) is 0 Å². The highest BCUT2D eigenvalue weighted by Gasteiger charge is 2.22. The molecule has 3 rings (SSSR count). The fourth-order valence-corrected chi connectivity index (χ4v) is 2.66. The monoisotopic (exact) mass is 257 g/mol. The molecule has 19 heavy (non-hydrogen) atoms. The van der Waals surface area contributed by atoms with Crippen LogP contribution in [0.15, 0.2) is 24.8 Å². The van der Waals surface area contributed by atoms with Crippen molar-refractivity contribution in [3.8, 4) is 5.82 Å². The van der Waals surface area contributed by atoms with E-state index in [9.17, 15) is 0 Å². The number of nitrogens with zero attached hydrogens (tertiary/aromatic N) is 5. The van der Waals surface area contributed by atoms with Crippen molar-refractivity contribution in [1.82, 2.24) is 24.4 Å². The van der Waals surface area contributed by atoms with Gasteiger partial charge < -0.3 is 4.90 Å². The molecule has 0 saturated carbocycles. The van der Waals surface area contributed by atoms with Crippen LogP contribution in [0.2, 0.25) is 0 Å². The normalized spacial score (nSPS) is 20.6. The van der Waals surface area contributed by atoms with E-state index in [-0.39, 0.29) is 0 Å². The molecule has 2 aromatic rings. The second kappa shape index (κ2) is 5.09. The molecule has 1 saturated heterocycles.